The van der Waals surface area contributed by atoms with Gasteiger partial charge in [-0.25, -0.2) is 9.97 Å². The molecule has 2 atom stereocenters. The number of hydrogen-bond acceptors (Lipinski definition) is 5. The molecule has 0 bridgehead atoms. The van der Waals surface area contributed by atoms with Crippen molar-refractivity contribution in [3.8, 4) is 0 Å². The number of ether oxygens (including phenoxy) is 1. The molecule has 3 aliphatic rings. The summed E-state index contributed by atoms with van der Waals surface area (Å²) >= 11 is 0. The highest BCUT2D eigenvalue weighted by Crippen LogP contribution is 2.35. The minimum Gasteiger partial charge on any atom is -0.378 e. The van der Waals surface area contributed by atoms with E-state index in [0.29, 0.717) is 0 Å². The second kappa shape index (κ2) is 7.14. The average Bonchev–Trinajstić information content (AvgIpc) is 2.63. The third-order valence-electron chi connectivity index (χ3n) is 5.72. The Kier molecular flexibility index (Phi) is 4.76. The monoisotopic (exact) mass is 316 g/mol. The molecule has 1 aliphatic carbocycles. The molecule has 23 heavy (non-hydrogen) atoms. The van der Waals surface area contributed by atoms with Gasteiger partial charge in [0.1, 0.15) is 0 Å². The number of likely N-dealkylation sites (tertiary alicyclic amines) is 1. The number of nitrogens with zero attached hydrogens (tertiary/aromatic N) is 4. The van der Waals surface area contributed by atoms with Crippen molar-refractivity contribution in [2.24, 2.45) is 5.92 Å². The molecule has 2 saturated heterocycles. The van der Waals surface area contributed by atoms with E-state index in [1.54, 1.807) is 0 Å². The standard InChI is InChI=1S/C18H28N4O/c1-2-6-17-15(4-1)5-3-9-22(17)14-16-7-8-19-18(20-16)21-10-12-23-13-11-21/h7-8,15,17H,1-6,9-14H2. The van der Waals surface area contributed by atoms with Crippen LogP contribution in [0, 0.1) is 5.92 Å². The number of piperidine rings is 1. The lowest BCUT2D eigenvalue weighted by Crippen LogP contribution is -2.46. The molecule has 3 fully saturated rings. The number of fused-ring (bicyclic) bond motifs is 1. The first-order chi connectivity index (χ1) is 11.4. The molecule has 1 aromatic heterocycles. The van der Waals surface area contributed by atoms with Crippen LogP contribution in [0.4, 0.5) is 5.95 Å². The van der Waals surface area contributed by atoms with Crippen LogP contribution in [0.5, 0.6) is 0 Å². The maximum absolute atomic E-state index is 5.43. The van der Waals surface area contributed by atoms with E-state index in [0.717, 1.165) is 50.8 Å². The lowest BCUT2D eigenvalue weighted by molar-refractivity contribution is 0.0537. The molecule has 3 heterocycles. The summed E-state index contributed by atoms with van der Waals surface area (Å²) in [5.41, 5.74) is 1.17. The largest absolute Gasteiger partial charge is 0.378 e. The summed E-state index contributed by atoms with van der Waals surface area (Å²) in [7, 11) is 0. The summed E-state index contributed by atoms with van der Waals surface area (Å²) in [6, 6.07) is 2.88. The number of hydrogen-bond donors (Lipinski definition) is 0. The molecule has 5 nitrogen and oxygen atoms in total. The molecule has 0 radical (unpaired) electrons. The van der Waals surface area contributed by atoms with Crippen molar-refractivity contribution in [1.82, 2.24) is 14.9 Å². The molecule has 2 unspecified atom stereocenters. The van der Waals surface area contributed by atoms with Crippen LogP contribution in [0.1, 0.15) is 44.2 Å². The maximum Gasteiger partial charge on any atom is 0.225 e. The Balaban J connectivity index is 1.45. The lowest BCUT2D eigenvalue weighted by atomic mass is 9.78. The highest BCUT2D eigenvalue weighted by Gasteiger charge is 2.33. The van der Waals surface area contributed by atoms with E-state index in [-0.39, 0.29) is 0 Å². The van der Waals surface area contributed by atoms with Crippen molar-refractivity contribution in [1.29, 1.82) is 0 Å². The zero-order chi connectivity index (χ0) is 15.5. The molecule has 0 aromatic carbocycles. The molecule has 0 spiro atoms. The second-order valence-corrected chi connectivity index (χ2v) is 7.17. The molecule has 4 rings (SSSR count). The number of rotatable bonds is 3. The molecule has 0 N–H and O–H groups in total. The van der Waals surface area contributed by atoms with Gasteiger partial charge in [-0.15, -0.1) is 0 Å². The second-order valence-electron chi connectivity index (χ2n) is 7.17. The van der Waals surface area contributed by atoms with Gasteiger partial charge in [-0.3, -0.25) is 4.90 Å². The van der Waals surface area contributed by atoms with Gasteiger partial charge < -0.3 is 9.64 Å². The normalized spacial score (nSPS) is 29.3. The van der Waals surface area contributed by atoms with Gasteiger partial charge in [-0.05, 0) is 44.2 Å². The first kappa shape index (κ1) is 15.3. The Morgan fingerprint density at radius 3 is 2.78 bits per heavy atom. The van der Waals surface area contributed by atoms with E-state index in [9.17, 15) is 0 Å². The Hall–Kier alpha value is -1.20. The average molecular weight is 316 g/mol. The minimum atomic E-state index is 0.781. The zero-order valence-electron chi connectivity index (χ0n) is 14.0. The lowest BCUT2D eigenvalue weighted by Gasteiger charge is -2.44. The molecule has 126 valence electrons. The van der Waals surface area contributed by atoms with Crippen LogP contribution >= 0.6 is 0 Å². The van der Waals surface area contributed by atoms with Gasteiger partial charge in [-0.1, -0.05) is 12.8 Å². The quantitative estimate of drug-likeness (QED) is 0.857. The molecule has 2 aliphatic heterocycles. The predicted octanol–water partition coefficient (Wildman–Crippen LogP) is 2.47. The van der Waals surface area contributed by atoms with Crippen molar-refractivity contribution in [3.63, 3.8) is 0 Å². The first-order valence-corrected chi connectivity index (χ1v) is 9.29. The Morgan fingerprint density at radius 1 is 1.04 bits per heavy atom. The van der Waals surface area contributed by atoms with Crippen LogP contribution in [0.3, 0.4) is 0 Å². The van der Waals surface area contributed by atoms with Crippen molar-refractivity contribution in [2.75, 3.05) is 37.7 Å². The summed E-state index contributed by atoms with van der Waals surface area (Å²) in [4.78, 5) is 14.3. The first-order valence-electron chi connectivity index (χ1n) is 9.29. The van der Waals surface area contributed by atoms with Gasteiger partial charge in [0.25, 0.3) is 0 Å². The van der Waals surface area contributed by atoms with Crippen molar-refractivity contribution < 1.29 is 4.74 Å². The topological polar surface area (TPSA) is 41.5 Å². The van der Waals surface area contributed by atoms with E-state index in [1.165, 1.54) is 50.8 Å². The van der Waals surface area contributed by atoms with Gasteiger partial charge in [0.05, 0.1) is 18.9 Å². The molecule has 1 saturated carbocycles. The smallest absolute Gasteiger partial charge is 0.225 e. The molecule has 5 heteroatoms. The summed E-state index contributed by atoms with van der Waals surface area (Å²) in [6.07, 6.45) is 10.4. The molecular weight excluding hydrogens is 288 g/mol. The summed E-state index contributed by atoms with van der Waals surface area (Å²) in [5.74, 6) is 1.81. The van der Waals surface area contributed by atoms with Crippen LogP contribution in [-0.2, 0) is 11.3 Å². The predicted molar refractivity (Wildman–Crippen MR) is 90.5 cm³/mol. The highest BCUT2D eigenvalue weighted by molar-refractivity contribution is 5.30. The zero-order valence-corrected chi connectivity index (χ0v) is 14.0. The van der Waals surface area contributed by atoms with E-state index in [2.05, 4.69) is 20.9 Å². The molecular formula is C18H28N4O. The number of aromatic nitrogens is 2. The van der Waals surface area contributed by atoms with Crippen molar-refractivity contribution in [2.45, 2.75) is 51.1 Å². The SMILES string of the molecule is c1cc(CN2CCCC3CCCCC32)nc(N2CCOCC2)n1. The summed E-state index contributed by atoms with van der Waals surface area (Å²) in [5, 5.41) is 0. The van der Waals surface area contributed by atoms with Gasteiger partial charge in [0, 0.05) is 31.9 Å². The molecule has 1 aromatic rings. The molecule has 0 amide bonds. The van der Waals surface area contributed by atoms with E-state index < -0.39 is 0 Å². The van der Waals surface area contributed by atoms with Crippen LogP contribution < -0.4 is 4.90 Å². The fraction of sp³-hybridized carbons (Fsp3) is 0.778. The van der Waals surface area contributed by atoms with Crippen molar-refractivity contribution in [3.05, 3.63) is 18.0 Å². The van der Waals surface area contributed by atoms with E-state index in [1.807, 2.05) is 6.20 Å². The third kappa shape index (κ3) is 3.50. The van der Waals surface area contributed by atoms with Crippen LogP contribution in [0.25, 0.3) is 0 Å². The number of anilines is 1. The van der Waals surface area contributed by atoms with Crippen LogP contribution in [-0.4, -0.2) is 53.8 Å². The fourth-order valence-electron chi connectivity index (χ4n) is 4.52. The van der Waals surface area contributed by atoms with E-state index >= 15 is 0 Å². The maximum atomic E-state index is 5.43. The van der Waals surface area contributed by atoms with Gasteiger partial charge in [0.15, 0.2) is 0 Å². The highest BCUT2D eigenvalue weighted by atomic mass is 16.5. The third-order valence-corrected chi connectivity index (χ3v) is 5.72. The Labute approximate surface area is 139 Å². The fourth-order valence-corrected chi connectivity index (χ4v) is 4.52. The van der Waals surface area contributed by atoms with E-state index in [4.69, 9.17) is 9.72 Å². The van der Waals surface area contributed by atoms with Gasteiger partial charge in [-0.2, -0.15) is 0 Å². The van der Waals surface area contributed by atoms with Gasteiger partial charge >= 0.3 is 0 Å². The van der Waals surface area contributed by atoms with Crippen LogP contribution in [0.2, 0.25) is 0 Å². The summed E-state index contributed by atoms with van der Waals surface area (Å²) in [6.45, 7) is 5.59. The van der Waals surface area contributed by atoms with Crippen LogP contribution in [0.15, 0.2) is 12.3 Å². The van der Waals surface area contributed by atoms with Crippen molar-refractivity contribution >= 4 is 5.95 Å². The number of morpholine rings is 1. The Morgan fingerprint density at radius 2 is 1.87 bits per heavy atom. The summed E-state index contributed by atoms with van der Waals surface area (Å²) < 4.78 is 5.43. The van der Waals surface area contributed by atoms with Gasteiger partial charge in [0.2, 0.25) is 5.95 Å². The minimum absolute atomic E-state index is 0.781. The Bertz CT molecular complexity index is 515.